The van der Waals surface area contributed by atoms with Gasteiger partial charge < -0.3 is 10.0 Å². The van der Waals surface area contributed by atoms with Crippen molar-refractivity contribution in [1.82, 2.24) is 4.90 Å². The maximum absolute atomic E-state index is 13.8. The first kappa shape index (κ1) is 22.0. The van der Waals surface area contributed by atoms with Crippen molar-refractivity contribution < 1.29 is 18.3 Å². The minimum absolute atomic E-state index is 0.0795. The molecule has 0 spiro atoms. The fourth-order valence-corrected chi connectivity index (χ4v) is 5.44. The number of anilines is 1. The molecule has 166 valence electrons. The third-order valence-corrected chi connectivity index (χ3v) is 7.44. The molecule has 32 heavy (non-hydrogen) atoms. The third-order valence-electron chi connectivity index (χ3n) is 6.06. The van der Waals surface area contributed by atoms with E-state index in [1.807, 2.05) is 18.9 Å². The van der Waals surface area contributed by atoms with Gasteiger partial charge in [0.1, 0.15) is 5.75 Å². The number of carbonyl (C=O) groups is 1. The van der Waals surface area contributed by atoms with E-state index in [-0.39, 0.29) is 22.0 Å². The number of nitrogens with one attached hydrogen (secondary N) is 1. The summed E-state index contributed by atoms with van der Waals surface area (Å²) in [6, 6.07) is 20.1. The molecule has 0 aliphatic carbocycles. The van der Waals surface area contributed by atoms with Gasteiger partial charge in [0.15, 0.2) is 5.78 Å². The molecule has 1 atom stereocenters. The molecule has 0 bridgehead atoms. The lowest BCUT2D eigenvalue weighted by Gasteiger charge is -2.30. The number of phenols is 1. The van der Waals surface area contributed by atoms with Gasteiger partial charge in [0.25, 0.3) is 10.0 Å². The summed E-state index contributed by atoms with van der Waals surface area (Å²) in [5, 5.41) is 10.3. The lowest BCUT2D eigenvalue weighted by Crippen LogP contribution is -2.39. The Balaban J connectivity index is 1.80. The first-order valence-corrected chi connectivity index (χ1v) is 11.9. The number of sulfonamides is 1. The number of carbonyl (C=O) groups excluding carboxylic acids is 1. The van der Waals surface area contributed by atoms with Crippen LogP contribution in [-0.4, -0.2) is 44.3 Å². The zero-order valence-corrected chi connectivity index (χ0v) is 18.9. The molecule has 0 unspecified atom stereocenters. The third kappa shape index (κ3) is 4.01. The lowest BCUT2D eigenvalue weighted by atomic mass is 9.73. The molecule has 4 rings (SSSR count). The Hall–Kier alpha value is -3.16. The van der Waals surface area contributed by atoms with E-state index in [0.717, 1.165) is 5.56 Å². The van der Waals surface area contributed by atoms with E-state index in [1.54, 1.807) is 66.7 Å². The Bertz CT molecular complexity index is 1250. The van der Waals surface area contributed by atoms with E-state index in [1.165, 1.54) is 6.07 Å². The van der Waals surface area contributed by atoms with Crippen LogP contribution in [0.2, 0.25) is 0 Å². The van der Waals surface area contributed by atoms with E-state index >= 15 is 0 Å². The van der Waals surface area contributed by atoms with Crippen LogP contribution in [0.1, 0.15) is 27.9 Å². The number of likely N-dealkylation sites (tertiary alicyclic amines) is 1. The molecular weight excluding hydrogens is 424 g/mol. The second kappa shape index (κ2) is 8.41. The standard InChI is InChI=1S/C25H26N2O4S/c1-18-11-13-19(14-12-18)32(30,31)26-22-9-5-4-8-21(22)25(15-16-27(2)17-25)24(29)20-7-3-6-10-23(20)28/h3-14,26,28H,15-17H2,1-2H3/t25-/m1/s1. The molecule has 0 radical (unpaired) electrons. The summed E-state index contributed by atoms with van der Waals surface area (Å²) in [6.07, 6.45) is 0.514. The van der Waals surface area contributed by atoms with Crippen molar-refractivity contribution in [1.29, 1.82) is 0 Å². The van der Waals surface area contributed by atoms with Crippen LogP contribution in [0.25, 0.3) is 0 Å². The van der Waals surface area contributed by atoms with Crippen LogP contribution in [0.4, 0.5) is 5.69 Å². The summed E-state index contributed by atoms with van der Waals surface area (Å²) in [4.78, 5) is 16.0. The predicted molar refractivity (Wildman–Crippen MR) is 125 cm³/mol. The number of phenolic OH excluding ortho intramolecular Hbond substituents is 1. The van der Waals surface area contributed by atoms with E-state index < -0.39 is 15.4 Å². The van der Waals surface area contributed by atoms with Crippen molar-refractivity contribution in [3.05, 3.63) is 89.5 Å². The monoisotopic (exact) mass is 450 g/mol. The molecule has 0 saturated carbocycles. The quantitative estimate of drug-likeness (QED) is 0.555. The summed E-state index contributed by atoms with van der Waals surface area (Å²) in [6.45, 7) is 2.99. The van der Waals surface area contributed by atoms with E-state index in [2.05, 4.69) is 4.72 Å². The average molecular weight is 451 g/mol. The highest BCUT2D eigenvalue weighted by molar-refractivity contribution is 7.92. The van der Waals surface area contributed by atoms with Gasteiger partial charge >= 0.3 is 0 Å². The average Bonchev–Trinajstić information content (AvgIpc) is 3.17. The van der Waals surface area contributed by atoms with Crippen molar-refractivity contribution >= 4 is 21.5 Å². The largest absolute Gasteiger partial charge is 0.507 e. The van der Waals surface area contributed by atoms with Crippen LogP contribution < -0.4 is 4.72 Å². The number of aryl methyl sites for hydroxylation is 1. The number of hydrogen-bond acceptors (Lipinski definition) is 5. The summed E-state index contributed by atoms with van der Waals surface area (Å²) in [5.41, 5.74) is 1.19. The molecule has 6 nitrogen and oxygen atoms in total. The maximum atomic E-state index is 13.8. The van der Waals surface area contributed by atoms with Crippen LogP contribution in [0, 0.1) is 6.92 Å². The number of likely N-dealkylation sites (N-methyl/N-ethyl adjacent to an activating group) is 1. The van der Waals surface area contributed by atoms with E-state index in [0.29, 0.717) is 30.8 Å². The van der Waals surface area contributed by atoms with Gasteiger partial charge in [-0.25, -0.2) is 8.42 Å². The number of Topliss-reactive ketones (excluding diaryl/α,β-unsaturated/α-hetero) is 1. The number of ketones is 1. The number of rotatable bonds is 6. The normalized spacial score (nSPS) is 19.1. The smallest absolute Gasteiger partial charge is 0.261 e. The summed E-state index contributed by atoms with van der Waals surface area (Å²) in [5.74, 6) is -0.300. The molecule has 2 N–H and O–H groups in total. The van der Waals surface area contributed by atoms with Gasteiger partial charge in [0.05, 0.1) is 21.6 Å². The number of aromatic hydroxyl groups is 1. The first-order chi connectivity index (χ1) is 15.2. The summed E-state index contributed by atoms with van der Waals surface area (Å²) >= 11 is 0. The van der Waals surface area contributed by atoms with Gasteiger partial charge in [0, 0.05) is 6.54 Å². The molecule has 1 heterocycles. The Morgan fingerprint density at radius 3 is 2.31 bits per heavy atom. The lowest BCUT2D eigenvalue weighted by molar-refractivity contribution is 0.0886. The fourth-order valence-electron chi connectivity index (χ4n) is 4.36. The van der Waals surface area contributed by atoms with Gasteiger partial charge in [-0.3, -0.25) is 9.52 Å². The highest BCUT2D eigenvalue weighted by atomic mass is 32.2. The molecule has 1 aliphatic heterocycles. The Morgan fingerprint density at radius 2 is 1.66 bits per heavy atom. The second-order valence-corrected chi connectivity index (χ2v) is 10.1. The predicted octanol–water partition coefficient (Wildman–Crippen LogP) is 3.96. The van der Waals surface area contributed by atoms with Crippen molar-refractivity contribution in [3.63, 3.8) is 0 Å². The molecule has 1 saturated heterocycles. The highest BCUT2D eigenvalue weighted by Crippen LogP contribution is 2.42. The Kier molecular flexibility index (Phi) is 5.79. The highest BCUT2D eigenvalue weighted by Gasteiger charge is 2.47. The van der Waals surface area contributed by atoms with E-state index in [4.69, 9.17) is 0 Å². The molecule has 7 heteroatoms. The summed E-state index contributed by atoms with van der Waals surface area (Å²) < 4.78 is 28.9. The van der Waals surface area contributed by atoms with Crippen molar-refractivity contribution in [2.75, 3.05) is 24.9 Å². The number of hydrogen-bond donors (Lipinski definition) is 2. The van der Waals surface area contributed by atoms with Gasteiger partial charge in [-0.1, -0.05) is 48.0 Å². The topological polar surface area (TPSA) is 86.7 Å². The van der Waals surface area contributed by atoms with Crippen LogP contribution in [0.3, 0.4) is 0 Å². The summed E-state index contributed by atoms with van der Waals surface area (Å²) in [7, 11) is -1.92. The Labute approximate surface area is 188 Å². The second-order valence-electron chi connectivity index (χ2n) is 8.38. The Morgan fingerprint density at radius 1 is 1.00 bits per heavy atom. The molecular formula is C25H26N2O4S. The van der Waals surface area contributed by atoms with Crippen LogP contribution in [0.15, 0.2) is 77.7 Å². The maximum Gasteiger partial charge on any atom is 0.261 e. The zero-order valence-electron chi connectivity index (χ0n) is 18.1. The van der Waals surface area contributed by atoms with Crippen molar-refractivity contribution in [3.8, 4) is 5.75 Å². The van der Waals surface area contributed by atoms with Crippen LogP contribution in [0.5, 0.6) is 5.75 Å². The SMILES string of the molecule is Cc1ccc(S(=O)(=O)Nc2ccccc2[C@@]2(C(=O)c3ccccc3O)CCN(C)C2)cc1. The van der Waals surface area contributed by atoms with E-state index in [9.17, 15) is 18.3 Å². The first-order valence-electron chi connectivity index (χ1n) is 10.4. The zero-order chi connectivity index (χ0) is 22.9. The molecule has 3 aromatic carbocycles. The molecule has 3 aromatic rings. The van der Waals surface area contributed by atoms with Crippen molar-refractivity contribution in [2.24, 2.45) is 0 Å². The minimum Gasteiger partial charge on any atom is -0.507 e. The number of benzene rings is 3. The number of nitrogens with zero attached hydrogens (tertiary/aromatic N) is 1. The molecule has 1 fully saturated rings. The molecule has 1 aliphatic rings. The van der Waals surface area contributed by atoms with Crippen molar-refractivity contribution in [2.45, 2.75) is 23.7 Å². The van der Waals surface area contributed by atoms with Gasteiger partial charge in [-0.15, -0.1) is 0 Å². The van der Waals surface area contributed by atoms with Crippen LogP contribution >= 0.6 is 0 Å². The van der Waals surface area contributed by atoms with Crippen LogP contribution in [-0.2, 0) is 15.4 Å². The molecule has 0 amide bonds. The van der Waals surface area contributed by atoms with Gasteiger partial charge in [-0.05, 0) is 62.8 Å². The minimum atomic E-state index is -3.85. The van der Waals surface area contributed by atoms with Gasteiger partial charge in [-0.2, -0.15) is 0 Å². The van der Waals surface area contributed by atoms with Gasteiger partial charge in [0.2, 0.25) is 0 Å². The molecule has 0 aromatic heterocycles. The fraction of sp³-hybridized carbons (Fsp3) is 0.240. The number of para-hydroxylation sites is 2.